The number of ether oxygens (including phenoxy) is 1. The molecule has 0 bridgehead atoms. The molecule has 1 N–H and O–H groups in total. The topological polar surface area (TPSA) is 107 Å². The summed E-state index contributed by atoms with van der Waals surface area (Å²) < 4.78 is 4.70. The lowest BCUT2D eigenvalue weighted by molar-refractivity contribution is -0.385. The van der Waals surface area contributed by atoms with E-state index >= 15 is 0 Å². The number of hydrogen-bond donors (Lipinski definition) is 1. The summed E-state index contributed by atoms with van der Waals surface area (Å²) in [6.45, 7) is 0. The first kappa shape index (κ1) is 12.8. The second-order valence-electron chi connectivity index (χ2n) is 3.15. The molecule has 90 valence electrons. The molecule has 0 aliphatic carbocycles. The van der Waals surface area contributed by atoms with E-state index in [1.165, 1.54) is 19.2 Å². The van der Waals surface area contributed by atoms with Gasteiger partial charge in [-0.05, 0) is 11.6 Å². The van der Waals surface area contributed by atoms with Crippen molar-refractivity contribution in [3.63, 3.8) is 0 Å². The zero-order valence-electron chi connectivity index (χ0n) is 8.82. The Bertz CT molecular complexity index is 470. The number of carboxylic acid groups (broad SMARTS) is 1. The Kier molecular flexibility index (Phi) is 3.89. The molecule has 7 heteroatoms. The number of carbonyl (C=O) groups excluding carboxylic acids is 1. The van der Waals surface area contributed by atoms with E-state index in [4.69, 9.17) is 9.84 Å². The Balaban J connectivity index is 3.28. The smallest absolute Gasteiger partial charge is 0.337 e. The van der Waals surface area contributed by atoms with Gasteiger partial charge < -0.3 is 9.84 Å². The van der Waals surface area contributed by atoms with Crippen LogP contribution >= 0.6 is 0 Å². The van der Waals surface area contributed by atoms with E-state index in [0.29, 0.717) is 6.29 Å². The molecule has 0 aromatic heterocycles. The van der Waals surface area contributed by atoms with Gasteiger partial charge in [0.2, 0.25) is 0 Å². The third kappa shape index (κ3) is 2.64. The maximum atomic E-state index is 10.8. The summed E-state index contributed by atoms with van der Waals surface area (Å²) in [6, 6.07) is 3.51. The van der Waals surface area contributed by atoms with Gasteiger partial charge in [-0.25, -0.2) is 4.79 Å². The first-order valence-corrected chi connectivity index (χ1v) is 4.50. The summed E-state index contributed by atoms with van der Waals surface area (Å²) in [5.74, 6) is -1.26. The Morgan fingerprint density at radius 1 is 1.59 bits per heavy atom. The number of carboxylic acids is 1. The largest absolute Gasteiger partial charge is 0.479 e. The molecule has 1 atom stereocenters. The van der Waals surface area contributed by atoms with Gasteiger partial charge in [0.05, 0.1) is 10.5 Å². The van der Waals surface area contributed by atoms with Gasteiger partial charge in [0.15, 0.2) is 12.4 Å². The summed E-state index contributed by atoms with van der Waals surface area (Å²) in [6.07, 6.45) is -0.959. The van der Waals surface area contributed by atoms with Gasteiger partial charge in [-0.15, -0.1) is 0 Å². The van der Waals surface area contributed by atoms with Crippen LogP contribution in [0.3, 0.4) is 0 Å². The van der Waals surface area contributed by atoms with Crippen LogP contribution in [0.5, 0.6) is 0 Å². The van der Waals surface area contributed by atoms with Crippen molar-refractivity contribution < 1.29 is 24.4 Å². The Labute approximate surface area is 95.8 Å². The van der Waals surface area contributed by atoms with E-state index in [-0.39, 0.29) is 11.1 Å². The molecule has 0 radical (unpaired) electrons. The normalized spacial score (nSPS) is 11.8. The first-order valence-electron chi connectivity index (χ1n) is 4.50. The summed E-state index contributed by atoms with van der Waals surface area (Å²) in [7, 11) is 1.18. The fourth-order valence-electron chi connectivity index (χ4n) is 1.36. The lowest BCUT2D eigenvalue weighted by Gasteiger charge is -2.10. The van der Waals surface area contributed by atoms with Crippen molar-refractivity contribution in [1.29, 1.82) is 0 Å². The Hall–Kier alpha value is -2.28. The van der Waals surface area contributed by atoms with Crippen LogP contribution in [-0.2, 0) is 9.53 Å². The summed E-state index contributed by atoms with van der Waals surface area (Å²) >= 11 is 0. The highest BCUT2D eigenvalue weighted by molar-refractivity contribution is 5.82. The molecule has 7 nitrogen and oxygen atoms in total. The first-order chi connectivity index (χ1) is 8.01. The van der Waals surface area contributed by atoms with Crippen molar-refractivity contribution in [1.82, 2.24) is 0 Å². The number of hydrogen-bond acceptors (Lipinski definition) is 5. The van der Waals surface area contributed by atoms with Crippen LogP contribution in [0.2, 0.25) is 0 Å². The van der Waals surface area contributed by atoms with Crippen LogP contribution in [0, 0.1) is 10.1 Å². The molecule has 1 aromatic rings. The minimum Gasteiger partial charge on any atom is -0.479 e. The van der Waals surface area contributed by atoms with E-state index in [1.807, 2.05) is 0 Å². The lowest BCUT2D eigenvalue weighted by atomic mass is 10.1. The Morgan fingerprint density at radius 3 is 2.65 bits per heavy atom. The third-order valence-corrected chi connectivity index (χ3v) is 2.14. The number of nitro benzene ring substituents is 1. The summed E-state index contributed by atoms with van der Waals surface area (Å²) in [5, 5.41) is 19.5. The van der Waals surface area contributed by atoms with E-state index in [1.54, 1.807) is 0 Å². The van der Waals surface area contributed by atoms with Crippen LogP contribution < -0.4 is 0 Å². The molecule has 0 amide bonds. The molecular formula is C10H9NO6. The van der Waals surface area contributed by atoms with Crippen LogP contribution in [0.4, 0.5) is 5.69 Å². The molecule has 1 unspecified atom stereocenters. The quantitative estimate of drug-likeness (QED) is 0.469. The zero-order chi connectivity index (χ0) is 13.0. The highest BCUT2D eigenvalue weighted by atomic mass is 16.6. The average molecular weight is 239 g/mol. The molecule has 0 fully saturated rings. The lowest BCUT2D eigenvalue weighted by Crippen LogP contribution is -2.13. The molecule has 0 spiro atoms. The molecular weight excluding hydrogens is 230 g/mol. The molecule has 0 saturated heterocycles. The average Bonchev–Trinajstić information content (AvgIpc) is 2.29. The summed E-state index contributed by atoms with van der Waals surface area (Å²) in [4.78, 5) is 31.3. The van der Waals surface area contributed by atoms with Crippen molar-refractivity contribution >= 4 is 17.9 Å². The maximum Gasteiger partial charge on any atom is 0.337 e. The van der Waals surface area contributed by atoms with Crippen molar-refractivity contribution in [2.75, 3.05) is 7.11 Å². The van der Waals surface area contributed by atoms with Crippen LogP contribution in [-0.4, -0.2) is 29.4 Å². The van der Waals surface area contributed by atoms with Gasteiger partial charge in [0.25, 0.3) is 5.69 Å². The molecule has 0 aliphatic rings. The SMILES string of the molecule is COC(C(=O)O)c1ccc(C=O)c([N+](=O)[O-])c1. The van der Waals surface area contributed by atoms with Crippen LogP contribution in [0.25, 0.3) is 0 Å². The minimum absolute atomic E-state index is 0.109. The molecule has 1 rings (SSSR count). The van der Waals surface area contributed by atoms with Crippen molar-refractivity contribution in [2.45, 2.75) is 6.10 Å². The maximum absolute atomic E-state index is 10.8. The number of nitro groups is 1. The zero-order valence-corrected chi connectivity index (χ0v) is 8.82. The third-order valence-electron chi connectivity index (χ3n) is 2.14. The van der Waals surface area contributed by atoms with Gasteiger partial charge in [-0.2, -0.15) is 0 Å². The number of rotatable bonds is 5. The van der Waals surface area contributed by atoms with Crippen LogP contribution in [0.1, 0.15) is 22.0 Å². The molecule has 17 heavy (non-hydrogen) atoms. The molecule has 0 aliphatic heterocycles. The van der Waals surface area contributed by atoms with E-state index < -0.39 is 22.7 Å². The van der Waals surface area contributed by atoms with Crippen molar-refractivity contribution in [3.05, 3.63) is 39.4 Å². The van der Waals surface area contributed by atoms with E-state index in [2.05, 4.69) is 0 Å². The van der Waals surface area contributed by atoms with Crippen LogP contribution in [0.15, 0.2) is 18.2 Å². The van der Waals surface area contributed by atoms with Gasteiger partial charge in [-0.1, -0.05) is 6.07 Å². The summed E-state index contributed by atoms with van der Waals surface area (Å²) in [5.41, 5.74) is -0.447. The number of aliphatic carboxylic acids is 1. The monoisotopic (exact) mass is 239 g/mol. The van der Waals surface area contributed by atoms with E-state index in [9.17, 15) is 19.7 Å². The number of carbonyl (C=O) groups is 2. The molecule has 0 saturated carbocycles. The number of methoxy groups -OCH3 is 1. The standard InChI is InChI=1S/C10H9NO6/c1-17-9(10(13)14)6-2-3-7(5-12)8(4-6)11(15)16/h2-5,9H,1H3,(H,13,14). The fraction of sp³-hybridized carbons (Fsp3) is 0.200. The Morgan fingerprint density at radius 2 is 2.24 bits per heavy atom. The molecule has 1 aromatic carbocycles. The van der Waals surface area contributed by atoms with Gasteiger partial charge >= 0.3 is 5.97 Å². The highest BCUT2D eigenvalue weighted by Gasteiger charge is 2.23. The predicted octanol–water partition coefficient (Wildman–Crippen LogP) is 1.18. The number of nitrogens with zero attached hydrogens (tertiary/aromatic N) is 1. The van der Waals surface area contributed by atoms with Gasteiger partial charge in [-0.3, -0.25) is 14.9 Å². The van der Waals surface area contributed by atoms with Gasteiger partial charge in [0.1, 0.15) is 0 Å². The fourth-order valence-corrected chi connectivity index (χ4v) is 1.36. The van der Waals surface area contributed by atoms with Gasteiger partial charge in [0, 0.05) is 13.2 Å². The number of aldehydes is 1. The second kappa shape index (κ2) is 5.17. The van der Waals surface area contributed by atoms with Crippen molar-refractivity contribution in [2.24, 2.45) is 0 Å². The number of benzene rings is 1. The second-order valence-corrected chi connectivity index (χ2v) is 3.15. The van der Waals surface area contributed by atoms with E-state index in [0.717, 1.165) is 6.07 Å². The minimum atomic E-state index is -1.30. The predicted molar refractivity (Wildman–Crippen MR) is 55.9 cm³/mol. The highest BCUT2D eigenvalue weighted by Crippen LogP contribution is 2.24. The molecule has 0 heterocycles. The van der Waals surface area contributed by atoms with Crippen molar-refractivity contribution in [3.8, 4) is 0 Å².